The van der Waals surface area contributed by atoms with Crippen LogP contribution in [0.15, 0.2) is 36.4 Å². The number of aryl methyl sites for hydroxylation is 1. The lowest BCUT2D eigenvalue weighted by atomic mass is 9.89. The first kappa shape index (κ1) is 44.9. The summed E-state index contributed by atoms with van der Waals surface area (Å²) in [5.41, 5.74) is -1.75. The number of carbonyl (C=O) groups is 4. The zero-order chi connectivity index (χ0) is 44.9. The molecule has 4 heterocycles. The van der Waals surface area contributed by atoms with Crippen molar-refractivity contribution >= 4 is 63.2 Å². The van der Waals surface area contributed by atoms with E-state index in [1.807, 2.05) is 0 Å². The Morgan fingerprint density at radius 3 is 2.44 bits per heavy atom. The Labute approximate surface area is 358 Å². The molecule has 1 saturated carbocycles. The average molecular weight is 890 g/mol. The molecule has 4 aliphatic rings. The number of nitriles is 1. The lowest BCUT2D eigenvalue weighted by molar-refractivity contribution is -0.197. The van der Waals surface area contributed by atoms with Crippen molar-refractivity contribution in [1.82, 2.24) is 29.8 Å². The molecular weight excluding hydrogens is 845 g/mol. The van der Waals surface area contributed by atoms with Crippen LogP contribution in [0.1, 0.15) is 75.1 Å². The number of thiocarbonyl (C=S) groups is 1. The smallest absolute Gasteiger partial charge is 0.377 e. The van der Waals surface area contributed by atoms with E-state index in [-0.39, 0.29) is 74.5 Å². The fraction of sp³-hybridized carbons (Fsp3) is 0.537. The molecule has 1 aliphatic carbocycles. The molecule has 4 amide bonds. The van der Waals surface area contributed by atoms with Crippen molar-refractivity contribution in [3.05, 3.63) is 53.2 Å². The monoisotopic (exact) mass is 889 g/mol. The van der Waals surface area contributed by atoms with Gasteiger partial charge in [0.15, 0.2) is 5.11 Å². The lowest BCUT2D eigenvalue weighted by Gasteiger charge is -2.42. The van der Waals surface area contributed by atoms with Crippen molar-refractivity contribution in [3.63, 3.8) is 0 Å². The molecule has 14 nitrogen and oxygen atoms in total. The largest absolute Gasteiger partial charge is 0.417 e. The number of carbonyl (C=O) groups excluding carboxylic acids is 4. The zero-order valence-electron chi connectivity index (χ0n) is 34.1. The van der Waals surface area contributed by atoms with Crippen LogP contribution in [0.3, 0.4) is 0 Å². The summed E-state index contributed by atoms with van der Waals surface area (Å²) in [7, 11) is 1.63. The number of halogens is 6. The molecule has 3 aliphatic heterocycles. The van der Waals surface area contributed by atoms with Gasteiger partial charge in [-0.15, -0.1) is 0 Å². The molecule has 0 spiro atoms. The summed E-state index contributed by atoms with van der Waals surface area (Å²) in [5.74, 6) is -2.66. The summed E-state index contributed by atoms with van der Waals surface area (Å²) in [4.78, 5) is 56.8. The van der Waals surface area contributed by atoms with Gasteiger partial charge in [-0.05, 0) is 82.4 Å². The predicted molar refractivity (Wildman–Crippen MR) is 216 cm³/mol. The topological polar surface area (TPSA) is 156 Å². The summed E-state index contributed by atoms with van der Waals surface area (Å²) in [6, 6.07) is 7.44. The van der Waals surface area contributed by atoms with Crippen LogP contribution in [0.2, 0.25) is 0 Å². The summed E-state index contributed by atoms with van der Waals surface area (Å²) < 4.78 is 92.2. The highest BCUT2D eigenvalue weighted by Gasteiger charge is 2.53. The Morgan fingerprint density at radius 2 is 1.77 bits per heavy atom. The molecular formula is C41H45F6N9O5S. The van der Waals surface area contributed by atoms with E-state index in [9.17, 15) is 50.8 Å². The second-order valence-corrected chi connectivity index (χ2v) is 16.9. The standard InChI is InChI=1S/C41H45F6N9O5S/c1-39(2)37(60)55(25-8-7-23(20-48)29(19-25)40(42,43)44)38(62)56(39)24-9-11-26(12-10-24)61-18-17-53-15-16-54(31(21-53)41(45,46)47)22-33(58)49-30-6-4-5-27-34(51-52(3)35(27)30)28-13-14-32(57)50-36(28)59/h4-8,19,24,26,28,31H,9-18,21-22H2,1-3H3,(H,49,58)(H,50,57,59)/t24-,26-,28?,31?. The summed E-state index contributed by atoms with van der Waals surface area (Å²) >= 11 is 5.69. The number of alkyl halides is 6. The number of hydrogen-bond acceptors (Lipinski definition) is 10. The third kappa shape index (κ3) is 8.87. The van der Waals surface area contributed by atoms with Crippen LogP contribution in [0.25, 0.3) is 10.9 Å². The molecule has 2 atom stereocenters. The Kier molecular flexibility index (Phi) is 12.4. The lowest BCUT2D eigenvalue weighted by Crippen LogP contribution is -2.60. The molecule has 2 unspecified atom stereocenters. The fourth-order valence-corrected chi connectivity index (χ4v) is 9.67. The van der Waals surface area contributed by atoms with Crippen molar-refractivity contribution in [2.24, 2.45) is 7.05 Å². The number of benzene rings is 2. The van der Waals surface area contributed by atoms with Crippen LogP contribution in [-0.2, 0) is 37.1 Å². The van der Waals surface area contributed by atoms with Gasteiger partial charge in [-0.25, -0.2) is 0 Å². The Hall–Kier alpha value is -5.17. The Bertz CT molecular complexity index is 2320. The third-order valence-electron chi connectivity index (χ3n) is 12.2. The number of aromatic nitrogens is 2. The first-order chi connectivity index (χ1) is 29.2. The minimum atomic E-state index is -4.82. The number of piperidine rings is 1. The number of anilines is 2. The molecule has 4 fully saturated rings. The van der Waals surface area contributed by atoms with Gasteiger partial charge in [0.2, 0.25) is 17.7 Å². The molecule has 332 valence electrons. The third-order valence-corrected chi connectivity index (χ3v) is 12.6. The van der Waals surface area contributed by atoms with Gasteiger partial charge in [0.05, 0.1) is 65.0 Å². The summed E-state index contributed by atoms with van der Waals surface area (Å²) in [6.45, 7) is 3.05. The highest BCUT2D eigenvalue weighted by Crippen LogP contribution is 2.41. The number of piperazine rings is 1. The molecule has 2 N–H and O–H groups in total. The SMILES string of the molecule is Cn1nc(C2CCC(=O)NC2=O)c2cccc(NC(=O)CN3CCN(CCO[C@H]4CC[C@H](N5C(=S)N(c6ccc(C#N)c(C(F)(F)F)c6)C(=O)C5(C)C)CC4)CC3C(F)(F)F)c21. The highest BCUT2D eigenvalue weighted by atomic mass is 32.1. The molecule has 3 aromatic rings. The zero-order valence-corrected chi connectivity index (χ0v) is 34.9. The number of rotatable bonds is 10. The van der Waals surface area contributed by atoms with Gasteiger partial charge in [-0.1, -0.05) is 12.1 Å². The molecule has 2 aromatic carbocycles. The second-order valence-electron chi connectivity index (χ2n) is 16.6. The fourth-order valence-electron chi connectivity index (χ4n) is 9.10. The summed E-state index contributed by atoms with van der Waals surface area (Å²) in [6.07, 6.45) is -7.03. The Morgan fingerprint density at radius 1 is 1.05 bits per heavy atom. The molecule has 3 saturated heterocycles. The van der Waals surface area contributed by atoms with E-state index in [0.29, 0.717) is 48.0 Å². The van der Waals surface area contributed by atoms with Crippen LogP contribution in [0.4, 0.5) is 37.7 Å². The first-order valence-electron chi connectivity index (χ1n) is 20.2. The van der Waals surface area contributed by atoms with E-state index in [4.69, 9.17) is 17.0 Å². The van der Waals surface area contributed by atoms with Gasteiger partial charge in [0.1, 0.15) is 11.6 Å². The predicted octanol–water partition coefficient (Wildman–Crippen LogP) is 5.21. The molecule has 7 rings (SSSR count). The molecule has 62 heavy (non-hydrogen) atoms. The second kappa shape index (κ2) is 17.2. The van der Waals surface area contributed by atoms with Gasteiger partial charge >= 0.3 is 12.4 Å². The van der Waals surface area contributed by atoms with Crippen LogP contribution >= 0.6 is 12.2 Å². The molecule has 0 radical (unpaired) electrons. The quantitative estimate of drug-likeness (QED) is 0.157. The van der Waals surface area contributed by atoms with Gasteiger partial charge in [-0.3, -0.25) is 43.9 Å². The maximum Gasteiger partial charge on any atom is 0.417 e. The van der Waals surface area contributed by atoms with E-state index in [2.05, 4.69) is 15.7 Å². The van der Waals surface area contributed by atoms with Crippen LogP contribution in [0.5, 0.6) is 0 Å². The van der Waals surface area contributed by atoms with Crippen molar-refractivity contribution < 1.29 is 50.3 Å². The molecule has 21 heteroatoms. The number of nitrogens with zero attached hydrogens (tertiary/aromatic N) is 7. The van der Waals surface area contributed by atoms with E-state index in [0.717, 1.165) is 21.9 Å². The Balaban J connectivity index is 0.910. The van der Waals surface area contributed by atoms with Crippen molar-refractivity contribution in [1.29, 1.82) is 5.26 Å². The number of hydrogen-bond donors (Lipinski definition) is 2. The van der Waals surface area contributed by atoms with Crippen LogP contribution < -0.4 is 15.5 Å². The van der Waals surface area contributed by atoms with Gasteiger partial charge in [0, 0.05) is 51.1 Å². The number of amides is 4. The minimum absolute atomic E-state index is 0.0282. The maximum atomic E-state index is 14.4. The normalized spacial score (nSPS) is 24.1. The minimum Gasteiger partial charge on any atom is -0.377 e. The number of ether oxygens (including phenoxy) is 1. The molecule has 0 bridgehead atoms. The van der Waals surface area contributed by atoms with E-state index < -0.39 is 65.2 Å². The van der Waals surface area contributed by atoms with Crippen molar-refractivity contribution in [2.45, 2.75) is 94.4 Å². The number of fused-ring (bicyclic) bond motifs is 1. The van der Waals surface area contributed by atoms with Crippen LogP contribution in [0, 0.1) is 11.3 Å². The van der Waals surface area contributed by atoms with Gasteiger partial charge < -0.3 is 15.0 Å². The number of imide groups is 1. The summed E-state index contributed by atoms with van der Waals surface area (Å²) in [5, 5.41) is 19.4. The highest BCUT2D eigenvalue weighted by molar-refractivity contribution is 7.80. The maximum absolute atomic E-state index is 14.4. The number of para-hydroxylation sites is 1. The van der Waals surface area contributed by atoms with Crippen molar-refractivity contribution in [2.75, 3.05) is 49.5 Å². The van der Waals surface area contributed by atoms with E-state index in [1.165, 1.54) is 16.8 Å². The van der Waals surface area contributed by atoms with E-state index >= 15 is 0 Å². The first-order valence-corrected chi connectivity index (χ1v) is 20.6. The van der Waals surface area contributed by atoms with Gasteiger partial charge in [-0.2, -0.15) is 36.7 Å². The van der Waals surface area contributed by atoms with Gasteiger partial charge in [0.25, 0.3) is 5.91 Å². The van der Waals surface area contributed by atoms with Crippen LogP contribution in [-0.4, -0.2) is 122 Å². The number of nitrogens with one attached hydrogen (secondary N) is 2. The average Bonchev–Trinajstić information content (AvgIpc) is 3.63. The van der Waals surface area contributed by atoms with E-state index in [1.54, 1.807) is 48.9 Å². The molecule has 1 aromatic heterocycles. The van der Waals surface area contributed by atoms with Crippen molar-refractivity contribution in [3.8, 4) is 6.07 Å².